The SMILES string of the molecule is CC(c1cccc(-c2cc(C(C)(C)S(C)(=O)=O)cc3cccnc23)c1)N(c1ccc(S(C)(=O)=O)cc1)S(=O)(=O)c1ccc(Cl)c(Cl)c1. The zero-order valence-corrected chi connectivity index (χ0v) is 30.1. The molecule has 246 valence electrons. The molecule has 1 heterocycles. The molecule has 5 rings (SSSR count). The number of sulfonamides is 1. The lowest BCUT2D eigenvalue weighted by atomic mass is 9.92. The van der Waals surface area contributed by atoms with E-state index in [2.05, 4.69) is 4.98 Å². The Kier molecular flexibility index (Phi) is 9.28. The summed E-state index contributed by atoms with van der Waals surface area (Å²) >= 11 is 12.3. The molecule has 0 fully saturated rings. The van der Waals surface area contributed by atoms with Crippen molar-refractivity contribution >= 4 is 69.5 Å². The smallest absolute Gasteiger partial charge is 0.259 e. The highest BCUT2D eigenvalue weighted by Gasteiger charge is 2.34. The third-order valence-corrected chi connectivity index (χ3v) is 14.2. The number of hydrogen-bond donors (Lipinski definition) is 0. The molecule has 0 aliphatic rings. The predicted octanol–water partition coefficient (Wildman–Crippen LogP) is 7.85. The number of sulfone groups is 2. The van der Waals surface area contributed by atoms with E-state index in [1.165, 1.54) is 53.0 Å². The fourth-order valence-electron chi connectivity index (χ4n) is 5.24. The van der Waals surface area contributed by atoms with Gasteiger partial charge in [-0.25, -0.2) is 25.3 Å². The second kappa shape index (κ2) is 12.5. The summed E-state index contributed by atoms with van der Waals surface area (Å²) in [5.41, 5.74) is 3.45. The molecule has 8 nitrogen and oxygen atoms in total. The minimum Gasteiger partial charge on any atom is -0.259 e. The molecule has 0 spiro atoms. The maximum absolute atomic E-state index is 14.3. The van der Waals surface area contributed by atoms with Gasteiger partial charge in [-0.1, -0.05) is 47.5 Å². The molecule has 1 atom stereocenters. The molecule has 1 aromatic heterocycles. The van der Waals surface area contributed by atoms with E-state index >= 15 is 0 Å². The van der Waals surface area contributed by atoms with Gasteiger partial charge in [-0.2, -0.15) is 0 Å². The Morgan fingerprint density at radius 2 is 1.40 bits per heavy atom. The van der Waals surface area contributed by atoms with E-state index in [0.717, 1.165) is 11.6 Å². The van der Waals surface area contributed by atoms with Crippen LogP contribution in [-0.2, 0) is 34.4 Å². The molecule has 5 aromatic rings. The van der Waals surface area contributed by atoms with E-state index in [9.17, 15) is 25.3 Å². The summed E-state index contributed by atoms with van der Waals surface area (Å²) in [7, 11) is -11.3. The van der Waals surface area contributed by atoms with Crippen LogP contribution < -0.4 is 4.31 Å². The summed E-state index contributed by atoms with van der Waals surface area (Å²) in [6, 6.07) is 23.4. The highest BCUT2D eigenvalue weighted by atomic mass is 35.5. The van der Waals surface area contributed by atoms with Gasteiger partial charge >= 0.3 is 0 Å². The first kappa shape index (κ1) is 34.8. The summed E-state index contributed by atoms with van der Waals surface area (Å²) < 4.78 is 78.5. The minimum atomic E-state index is -4.28. The Hall–Kier alpha value is -3.48. The monoisotopic (exact) mass is 730 g/mol. The van der Waals surface area contributed by atoms with Crippen LogP contribution in [0.15, 0.2) is 107 Å². The zero-order valence-electron chi connectivity index (χ0n) is 26.1. The van der Waals surface area contributed by atoms with Gasteiger partial charge in [-0.05, 0) is 104 Å². The lowest BCUT2D eigenvalue weighted by Gasteiger charge is -2.31. The molecule has 0 bridgehead atoms. The van der Waals surface area contributed by atoms with Crippen molar-refractivity contribution in [2.45, 2.75) is 41.4 Å². The lowest BCUT2D eigenvalue weighted by Crippen LogP contribution is -2.33. The Morgan fingerprint density at radius 1 is 0.745 bits per heavy atom. The number of nitrogens with zero attached hydrogens (tertiary/aromatic N) is 2. The van der Waals surface area contributed by atoms with Gasteiger partial charge in [0.05, 0.1) is 41.8 Å². The summed E-state index contributed by atoms with van der Waals surface area (Å²) in [5.74, 6) is 0. The molecular weight excluding hydrogens is 699 g/mol. The van der Waals surface area contributed by atoms with E-state index in [1.54, 1.807) is 45.2 Å². The molecule has 0 saturated carbocycles. The first-order chi connectivity index (χ1) is 21.8. The number of benzene rings is 4. The molecule has 0 aliphatic carbocycles. The van der Waals surface area contributed by atoms with Crippen LogP contribution in [0.4, 0.5) is 5.69 Å². The summed E-state index contributed by atoms with van der Waals surface area (Å²) in [6.45, 7) is 5.03. The standard InChI is InChI=1S/C34H32Cl2N2O6S3/c1-22(38(27-11-13-28(14-12-27)45(4,39)40)47(43,44)29-15-16-31(35)32(36)21-29)23-8-6-9-24(18-23)30-20-26(34(2,3)46(5,41)42)19-25-10-7-17-37-33(25)30/h6-22H,1-5H3. The van der Waals surface area contributed by atoms with Gasteiger partial charge in [-0.3, -0.25) is 9.29 Å². The van der Waals surface area contributed by atoms with Crippen LogP contribution in [0.3, 0.4) is 0 Å². The van der Waals surface area contributed by atoms with E-state index in [4.69, 9.17) is 23.2 Å². The maximum Gasteiger partial charge on any atom is 0.264 e. The number of aromatic nitrogens is 1. The predicted molar refractivity (Wildman–Crippen MR) is 189 cm³/mol. The normalized spacial score (nSPS) is 13.4. The number of rotatable bonds is 9. The first-order valence-electron chi connectivity index (χ1n) is 14.3. The average molecular weight is 732 g/mol. The van der Waals surface area contributed by atoms with Crippen LogP contribution in [0.25, 0.3) is 22.0 Å². The Bertz CT molecular complexity index is 2340. The van der Waals surface area contributed by atoms with Crippen molar-refractivity contribution < 1.29 is 25.3 Å². The van der Waals surface area contributed by atoms with Crippen LogP contribution in [0.2, 0.25) is 10.0 Å². The lowest BCUT2D eigenvalue weighted by molar-refractivity contribution is 0.561. The molecule has 1 unspecified atom stereocenters. The van der Waals surface area contributed by atoms with Crippen LogP contribution in [0, 0.1) is 0 Å². The molecule has 47 heavy (non-hydrogen) atoms. The number of anilines is 1. The molecule has 0 radical (unpaired) electrons. The van der Waals surface area contributed by atoms with Gasteiger partial charge in [-0.15, -0.1) is 0 Å². The van der Waals surface area contributed by atoms with Crippen molar-refractivity contribution in [3.63, 3.8) is 0 Å². The molecule has 0 N–H and O–H groups in total. The highest BCUT2D eigenvalue weighted by molar-refractivity contribution is 7.93. The quantitative estimate of drug-likeness (QED) is 0.152. The first-order valence-corrected chi connectivity index (χ1v) is 20.3. The zero-order chi connectivity index (χ0) is 34.5. The Balaban J connectivity index is 1.70. The summed E-state index contributed by atoms with van der Waals surface area (Å²) in [5, 5.41) is 1.01. The van der Waals surface area contributed by atoms with Crippen LogP contribution >= 0.6 is 23.2 Å². The van der Waals surface area contributed by atoms with E-state index in [-0.39, 0.29) is 25.5 Å². The fraction of sp³-hybridized carbons (Fsp3) is 0.206. The van der Waals surface area contributed by atoms with Crippen molar-refractivity contribution in [2.75, 3.05) is 16.8 Å². The van der Waals surface area contributed by atoms with E-state index in [1.807, 2.05) is 30.3 Å². The number of pyridine rings is 1. The largest absolute Gasteiger partial charge is 0.264 e. The third-order valence-electron chi connectivity index (χ3n) is 8.33. The maximum atomic E-state index is 14.3. The van der Waals surface area contributed by atoms with Crippen molar-refractivity contribution in [3.8, 4) is 11.1 Å². The van der Waals surface area contributed by atoms with Gasteiger partial charge in [0.15, 0.2) is 19.7 Å². The van der Waals surface area contributed by atoms with Crippen LogP contribution in [0.1, 0.15) is 37.9 Å². The van der Waals surface area contributed by atoms with Gasteiger partial charge in [0.2, 0.25) is 0 Å². The second-order valence-corrected chi connectivity index (χ2v) is 19.0. The molecule has 4 aromatic carbocycles. The van der Waals surface area contributed by atoms with Crippen molar-refractivity contribution in [2.24, 2.45) is 0 Å². The average Bonchev–Trinajstić information content (AvgIpc) is 3.01. The number of hydrogen-bond acceptors (Lipinski definition) is 7. The van der Waals surface area contributed by atoms with E-state index in [0.29, 0.717) is 27.8 Å². The second-order valence-electron chi connectivity index (χ2n) is 11.8. The molecule has 0 aliphatic heterocycles. The Labute approximate surface area is 285 Å². The van der Waals surface area contributed by atoms with Gasteiger partial charge in [0.1, 0.15) is 0 Å². The molecule has 0 amide bonds. The van der Waals surface area contributed by atoms with Gasteiger partial charge in [0, 0.05) is 29.7 Å². The minimum absolute atomic E-state index is 0.0408. The topological polar surface area (TPSA) is 119 Å². The number of fused-ring (bicyclic) bond motifs is 1. The summed E-state index contributed by atoms with van der Waals surface area (Å²) in [6.07, 6.45) is 3.93. The summed E-state index contributed by atoms with van der Waals surface area (Å²) in [4.78, 5) is 4.53. The van der Waals surface area contributed by atoms with Crippen molar-refractivity contribution in [3.05, 3.63) is 118 Å². The van der Waals surface area contributed by atoms with Gasteiger partial charge in [0.25, 0.3) is 10.0 Å². The molecule has 0 saturated heterocycles. The molecular formula is C34H32Cl2N2O6S3. The van der Waals surface area contributed by atoms with Crippen LogP contribution in [0.5, 0.6) is 0 Å². The van der Waals surface area contributed by atoms with Crippen molar-refractivity contribution in [1.29, 1.82) is 0 Å². The van der Waals surface area contributed by atoms with E-state index < -0.39 is 40.5 Å². The number of halogens is 2. The van der Waals surface area contributed by atoms with Crippen molar-refractivity contribution in [1.82, 2.24) is 4.98 Å². The third kappa shape index (κ3) is 6.77. The highest BCUT2D eigenvalue weighted by Crippen LogP contribution is 2.39. The van der Waals surface area contributed by atoms with Crippen LogP contribution in [-0.4, -0.2) is 42.7 Å². The van der Waals surface area contributed by atoms with Gasteiger partial charge < -0.3 is 0 Å². The Morgan fingerprint density at radius 3 is 2.02 bits per heavy atom. The fourth-order valence-corrected chi connectivity index (χ4v) is 8.45. The molecule has 13 heteroatoms.